The number of rotatable bonds is 5. The smallest absolute Gasteiger partial charge is 0.119 e. The summed E-state index contributed by atoms with van der Waals surface area (Å²) in [6.07, 6.45) is 1.73. The third-order valence-corrected chi connectivity index (χ3v) is 3.58. The molecule has 0 aliphatic heterocycles. The highest BCUT2D eigenvalue weighted by Crippen LogP contribution is 2.24. The highest BCUT2D eigenvalue weighted by molar-refractivity contribution is 7.99. The van der Waals surface area contributed by atoms with Crippen LogP contribution in [0, 0.1) is 0 Å². The highest BCUT2D eigenvalue weighted by Gasteiger charge is 2.01. The van der Waals surface area contributed by atoms with E-state index < -0.39 is 0 Å². The molecule has 0 aliphatic rings. The first-order valence-corrected chi connectivity index (χ1v) is 6.84. The molecule has 0 atom stereocenters. The summed E-state index contributed by atoms with van der Waals surface area (Å²) in [5, 5.41) is 1.51. The minimum atomic E-state index is 0.599. The molecule has 18 heavy (non-hydrogen) atoms. The van der Waals surface area contributed by atoms with Crippen molar-refractivity contribution in [1.82, 2.24) is 4.98 Å². The molecule has 0 aliphatic carbocycles. The topological polar surface area (TPSA) is 48.1 Å². The van der Waals surface area contributed by atoms with Gasteiger partial charge in [-0.05, 0) is 36.4 Å². The number of aromatic nitrogens is 1. The van der Waals surface area contributed by atoms with Crippen molar-refractivity contribution in [2.24, 2.45) is 0 Å². The summed E-state index contributed by atoms with van der Waals surface area (Å²) in [5.74, 6) is 1.61. The third-order valence-electron chi connectivity index (χ3n) is 2.20. The maximum absolute atomic E-state index is 6.00. The fraction of sp³-hybridized carbons (Fsp3) is 0.154. The molecule has 2 aromatic rings. The van der Waals surface area contributed by atoms with E-state index in [0.717, 1.165) is 22.2 Å². The largest absolute Gasteiger partial charge is 0.493 e. The van der Waals surface area contributed by atoms with Crippen LogP contribution in [0.25, 0.3) is 0 Å². The Bertz CT molecular complexity index is 505. The van der Waals surface area contributed by atoms with Gasteiger partial charge in [0.05, 0.1) is 11.6 Å². The molecule has 0 saturated carbocycles. The second-order valence-electron chi connectivity index (χ2n) is 3.56. The van der Waals surface area contributed by atoms with Gasteiger partial charge in [-0.15, -0.1) is 11.8 Å². The van der Waals surface area contributed by atoms with Crippen LogP contribution in [0.1, 0.15) is 0 Å². The standard InChI is InChI=1S/C13H13ClN2OS/c14-12-2-1-7-16-13(12)18-9-8-17-11-5-3-10(15)4-6-11/h1-7H,8-9,15H2. The molecular formula is C13H13ClN2OS. The fourth-order valence-corrected chi connectivity index (χ4v) is 2.33. The molecule has 0 bridgehead atoms. The molecule has 0 unspecified atom stereocenters. The van der Waals surface area contributed by atoms with Gasteiger partial charge in [-0.1, -0.05) is 11.6 Å². The van der Waals surface area contributed by atoms with E-state index in [2.05, 4.69) is 4.98 Å². The predicted octanol–water partition coefficient (Wildman–Crippen LogP) is 3.49. The highest BCUT2D eigenvalue weighted by atomic mass is 35.5. The van der Waals surface area contributed by atoms with Gasteiger partial charge in [0.15, 0.2) is 0 Å². The van der Waals surface area contributed by atoms with Gasteiger partial charge in [-0.3, -0.25) is 0 Å². The van der Waals surface area contributed by atoms with Crippen LogP contribution in [0.15, 0.2) is 47.6 Å². The molecular weight excluding hydrogens is 268 g/mol. The first kappa shape index (κ1) is 13.1. The normalized spacial score (nSPS) is 10.3. The molecule has 5 heteroatoms. The summed E-state index contributed by atoms with van der Waals surface area (Å²) < 4.78 is 5.58. The Labute approximate surface area is 115 Å². The van der Waals surface area contributed by atoms with Gasteiger partial charge in [0.25, 0.3) is 0 Å². The van der Waals surface area contributed by atoms with Gasteiger partial charge in [0.1, 0.15) is 10.8 Å². The van der Waals surface area contributed by atoms with Crippen LogP contribution >= 0.6 is 23.4 Å². The zero-order valence-corrected chi connectivity index (χ0v) is 11.2. The average molecular weight is 281 g/mol. The monoisotopic (exact) mass is 280 g/mol. The molecule has 1 aromatic carbocycles. The van der Waals surface area contributed by atoms with Crippen molar-refractivity contribution in [3.05, 3.63) is 47.6 Å². The first-order chi connectivity index (χ1) is 8.75. The van der Waals surface area contributed by atoms with Crippen LogP contribution in [0.2, 0.25) is 5.02 Å². The molecule has 94 valence electrons. The zero-order chi connectivity index (χ0) is 12.8. The number of nitrogen functional groups attached to an aromatic ring is 1. The molecule has 0 radical (unpaired) electrons. The van der Waals surface area contributed by atoms with Crippen LogP contribution in [-0.2, 0) is 0 Å². The number of nitrogens with zero attached hydrogens (tertiary/aromatic N) is 1. The number of nitrogens with two attached hydrogens (primary N) is 1. The second kappa shape index (κ2) is 6.52. The van der Waals surface area contributed by atoms with E-state index in [0.29, 0.717) is 11.6 Å². The van der Waals surface area contributed by atoms with Gasteiger partial charge in [-0.2, -0.15) is 0 Å². The Morgan fingerprint density at radius 1 is 1.22 bits per heavy atom. The van der Waals surface area contributed by atoms with Gasteiger partial charge < -0.3 is 10.5 Å². The number of thioether (sulfide) groups is 1. The third kappa shape index (κ3) is 3.82. The second-order valence-corrected chi connectivity index (χ2v) is 5.05. The zero-order valence-electron chi connectivity index (χ0n) is 9.67. The van der Waals surface area contributed by atoms with E-state index in [1.54, 1.807) is 18.0 Å². The van der Waals surface area contributed by atoms with Gasteiger partial charge in [-0.25, -0.2) is 4.98 Å². The molecule has 1 aromatic heterocycles. The molecule has 0 amide bonds. The summed E-state index contributed by atoms with van der Waals surface area (Å²) >= 11 is 7.58. The van der Waals surface area contributed by atoms with E-state index >= 15 is 0 Å². The summed E-state index contributed by atoms with van der Waals surface area (Å²) in [4.78, 5) is 4.19. The molecule has 0 saturated heterocycles. The van der Waals surface area contributed by atoms with Crippen LogP contribution in [0.3, 0.4) is 0 Å². The number of hydrogen-bond donors (Lipinski definition) is 1. The Hall–Kier alpha value is -1.39. The maximum atomic E-state index is 6.00. The van der Waals surface area contributed by atoms with Crippen molar-refractivity contribution in [3.8, 4) is 5.75 Å². The number of halogens is 1. The molecule has 1 heterocycles. The number of benzene rings is 1. The Kier molecular flexibility index (Phi) is 4.73. The lowest BCUT2D eigenvalue weighted by Crippen LogP contribution is -2.00. The number of hydrogen-bond acceptors (Lipinski definition) is 4. The maximum Gasteiger partial charge on any atom is 0.119 e. The van der Waals surface area contributed by atoms with Crippen molar-refractivity contribution in [3.63, 3.8) is 0 Å². The molecule has 2 N–H and O–H groups in total. The van der Waals surface area contributed by atoms with Gasteiger partial charge >= 0.3 is 0 Å². The lowest BCUT2D eigenvalue weighted by Gasteiger charge is -2.06. The number of pyridine rings is 1. The van der Waals surface area contributed by atoms with Gasteiger partial charge in [0.2, 0.25) is 0 Å². The van der Waals surface area contributed by atoms with E-state index in [4.69, 9.17) is 22.1 Å². The van der Waals surface area contributed by atoms with Gasteiger partial charge in [0, 0.05) is 17.6 Å². The minimum Gasteiger partial charge on any atom is -0.493 e. The first-order valence-electron chi connectivity index (χ1n) is 5.47. The molecule has 0 spiro atoms. The van der Waals surface area contributed by atoms with Crippen LogP contribution in [0.4, 0.5) is 5.69 Å². The Morgan fingerprint density at radius 2 is 2.00 bits per heavy atom. The van der Waals surface area contributed by atoms with Crippen LogP contribution in [0.5, 0.6) is 5.75 Å². The van der Waals surface area contributed by atoms with Crippen molar-refractivity contribution in [2.45, 2.75) is 5.03 Å². The Morgan fingerprint density at radius 3 is 2.72 bits per heavy atom. The summed E-state index contributed by atoms with van der Waals surface area (Å²) in [5.41, 5.74) is 6.32. The molecule has 2 rings (SSSR count). The summed E-state index contributed by atoms with van der Waals surface area (Å²) in [6.45, 7) is 0.599. The fourth-order valence-electron chi connectivity index (χ4n) is 1.34. The lowest BCUT2D eigenvalue weighted by molar-refractivity contribution is 0.344. The van der Waals surface area contributed by atoms with Crippen LogP contribution in [-0.4, -0.2) is 17.3 Å². The number of ether oxygens (including phenoxy) is 1. The lowest BCUT2D eigenvalue weighted by atomic mass is 10.3. The minimum absolute atomic E-state index is 0.599. The van der Waals surface area contributed by atoms with E-state index in [9.17, 15) is 0 Å². The van der Waals surface area contributed by atoms with Crippen molar-refractivity contribution < 1.29 is 4.74 Å². The summed E-state index contributed by atoms with van der Waals surface area (Å²) in [6, 6.07) is 11.0. The summed E-state index contributed by atoms with van der Waals surface area (Å²) in [7, 11) is 0. The van der Waals surface area contributed by atoms with E-state index in [-0.39, 0.29) is 0 Å². The van der Waals surface area contributed by atoms with Crippen LogP contribution < -0.4 is 10.5 Å². The van der Waals surface area contributed by atoms with Crippen molar-refractivity contribution in [1.29, 1.82) is 0 Å². The van der Waals surface area contributed by atoms with E-state index in [1.807, 2.05) is 36.4 Å². The van der Waals surface area contributed by atoms with Crippen molar-refractivity contribution >= 4 is 29.1 Å². The predicted molar refractivity (Wildman–Crippen MR) is 76.3 cm³/mol. The quantitative estimate of drug-likeness (QED) is 0.517. The Balaban J connectivity index is 1.76. The molecule has 3 nitrogen and oxygen atoms in total. The SMILES string of the molecule is Nc1ccc(OCCSc2ncccc2Cl)cc1. The molecule has 0 fully saturated rings. The van der Waals surface area contributed by atoms with E-state index in [1.165, 1.54) is 0 Å². The van der Waals surface area contributed by atoms with Crippen molar-refractivity contribution in [2.75, 3.05) is 18.1 Å². The number of anilines is 1. The average Bonchev–Trinajstić information content (AvgIpc) is 2.39.